The number of nitrogens with zero attached hydrogens (tertiary/aromatic N) is 2. The Morgan fingerprint density at radius 1 is 1.46 bits per heavy atom. The zero-order valence-electron chi connectivity index (χ0n) is 15.4. The van der Waals surface area contributed by atoms with Crippen molar-refractivity contribution in [1.82, 2.24) is 9.55 Å². The highest BCUT2D eigenvalue weighted by Crippen LogP contribution is 2.45. The lowest BCUT2D eigenvalue weighted by atomic mass is 9.84. The third kappa shape index (κ3) is 4.05. The molecule has 1 fully saturated rings. The zero-order valence-corrected chi connectivity index (χ0v) is 16.8. The molecule has 1 aliphatic rings. The minimum absolute atomic E-state index is 0.180. The molecule has 1 aromatic heterocycles. The second-order valence-electron chi connectivity index (χ2n) is 8.12. The molecule has 1 saturated heterocycles. The number of aromatic nitrogens is 2. The molecule has 24 heavy (non-hydrogen) atoms. The molecule has 0 aliphatic carbocycles. The van der Waals surface area contributed by atoms with Gasteiger partial charge in [0.15, 0.2) is 9.76 Å². The van der Waals surface area contributed by atoms with Gasteiger partial charge in [0.2, 0.25) is 0 Å². The van der Waals surface area contributed by atoms with E-state index in [0.717, 1.165) is 0 Å². The van der Waals surface area contributed by atoms with Crippen LogP contribution in [0.5, 0.6) is 0 Å². The summed E-state index contributed by atoms with van der Waals surface area (Å²) < 4.78 is 19.3. The molecule has 0 unspecified atom stereocenters. The number of hydrogen-bond donors (Lipinski definition) is 1. The lowest BCUT2D eigenvalue weighted by Crippen LogP contribution is -2.40. The highest BCUT2D eigenvalue weighted by Gasteiger charge is 2.52. The van der Waals surface area contributed by atoms with Crippen LogP contribution in [0.1, 0.15) is 40.8 Å². The third-order valence-corrected chi connectivity index (χ3v) is 5.49. The van der Waals surface area contributed by atoms with Gasteiger partial charge in [-0.1, -0.05) is 34.6 Å². The molecule has 136 valence electrons. The Bertz CT molecular complexity index is 626. The smallest absolute Gasteiger partial charge is 0.351 e. The molecule has 2 heterocycles. The van der Waals surface area contributed by atoms with Crippen LogP contribution in [-0.4, -0.2) is 45.2 Å². The lowest BCUT2D eigenvalue weighted by molar-refractivity contribution is -0.0518. The molecule has 1 aromatic rings. The number of rotatable bonds is 5. The molecule has 7 nitrogen and oxygen atoms in total. The molecule has 0 radical (unpaired) electrons. The lowest BCUT2D eigenvalue weighted by Gasteiger charge is -2.31. The molecule has 0 spiro atoms. The van der Waals surface area contributed by atoms with E-state index in [1.807, 2.05) is 13.8 Å². The van der Waals surface area contributed by atoms with E-state index in [2.05, 4.69) is 25.8 Å². The number of nitrogens with two attached hydrogens (primary N) is 1. The van der Waals surface area contributed by atoms with Crippen LogP contribution in [0.4, 0.5) is 5.82 Å². The first-order valence-corrected chi connectivity index (χ1v) is 9.45. The van der Waals surface area contributed by atoms with E-state index in [1.54, 1.807) is 19.4 Å². The Labute approximate surface area is 145 Å². The molecule has 3 atom stereocenters. The average molecular weight is 356 g/mol. The van der Waals surface area contributed by atoms with Crippen LogP contribution in [0.25, 0.3) is 0 Å². The normalized spacial score (nSPS) is 27.2. The highest BCUT2D eigenvalue weighted by molar-refractivity contribution is 6.31. The number of anilines is 1. The van der Waals surface area contributed by atoms with E-state index in [9.17, 15) is 4.79 Å². The van der Waals surface area contributed by atoms with Crippen molar-refractivity contribution in [1.29, 1.82) is 0 Å². The fourth-order valence-corrected chi connectivity index (χ4v) is 4.09. The van der Waals surface area contributed by atoms with Crippen molar-refractivity contribution in [2.75, 3.05) is 19.5 Å². The van der Waals surface area contributed by atoms with Gasteiger partial charge in [0.25, 0.3) is 0 Å². The van der Waals surface area contributed by atoms with Crippen molar-refractivity contribution in [2.45, 2.75) is 58.1 Å². The van der Waals surface area contributed by atoms with Crippen molar-refractivity contribution in [3.63, 3.8) is 0 Å². The molecular formula is C16H29N3O4Si. The Balaban J connectivity index is 2.20. The molecule has 0 saturated carbocycles. The average Bonchev–Trinajstić information content (AvgIpc) is 2.68. The van der Waals surface area contributed by atoms with E-state index in [-0.39, 0.29) is 23.1 Å². The summed E-state index contributed by atoms with van der Waals surface area (Å²) in [6.07, 6.45) is 0.736. The number of ether oxygens (including phenoxy) is 2. The zero-order chi connectivity index (χ0) is 18.1. The Kier molecular flexibility index (Phi) is 5.53. The third-order valence-electron chi connectivity index (χ3n) is 4.19. The van der Waals surface area contributed by atoms with Gasteiger partial charge >= 0.3 is 5.69 Å². The Morgan fingerprint density at radius 2 is 2.12 bits per heavy atom. The Morgan fingerprint density at radius 3 is 2.67 bits per heavy atom. The number of nitrogen functional groups attached to an aromatic ring is 1. The van der Waals surface area contributed by atoms with Crippen LogP contribution in [-0.2, 0) is 13.9 Å². The summed E-state index contributed by atoms with van der Waals surface area (Å²) in [6, 6.07) is 1.60. The first kappa shape index (κ1) is 19.1. The van der Waals surface area contributed by atoms with Gasteiger partial charge in [0, 0.05) is 18.7 Å². The molecule has 8 heteroatoms. The predicted octanol–water partition coefficient (Wildman–Crippen LogP) is 1.08. The van der Waals surface area contributed by atoms with Gasteiger partial charge in [-0.25, -0.2) is 4.79 Å². The highest BCUT2D eigenvalue weighted by atomic mass is 28.2. The summed E-state index contributed by atoms with van der Waals surface area (Å²) in [7, 11) is 0.987. The summed E-state index contributed by atoms with van der Waals surface area (Å²) in [4.78, 5) is 16.0. The first-order chi connectivity index (χ1) is 11.1. The van der Waals surface area contributed by atoms with E-state index in [1.165, 1.54) is 4.57 Å². The largest absolute Gasteiger partial charge is 0.421 e. The summed E-state index contributed by atoms with van der Waals surface area (Å²) in [5, 5.41) is 0.216. The van der Waals surface area contributed by atoms with Gasteiger partial charge in [0.05, 0.1) is 12.7 Å². The van der Waals surface area contributed by atoms with Crippen LogP contribution in [0.15, 0.2) is 17.1 Å². The maximum Gasteiger partial charge on any atom is 0.351 e. The van der Waals surface area contributed by atoms with Gasteiger partial charge < -0.3 is 19.6 Å². The van der Waals surface area contributed by atoms with Gasteiger partial charge in [-0.3, -0.25) is 4.57 Å². The van der Waals surface area contributed by atoms with Crippen molar-refractivity contribution in [3.8, 4) is 0 Å². The molecule has 0 bridgehead atoms. The van der Waals surface area contributed by atoms with Crippen molar-refractivity contribution >= 4 is 15.6 Å². The maximum atomic E-state index is 12.2. The standard InChI is InChI=1S/C16H29N3O4Si/c1-15(2,3)24-22-9-10-12(21-6)16(4,5)13(23-10)19-8-7-11(17)18-14(19)20/h7-8,10,12-13H,9,24H2,1-6H3,(H2,17,18,20)/t10-,12-,13-/m1/s1. The second-order valence-corrected chi connectivity index (χ2v) is 10.9. The van der Waals surface area contributed by atoms with Crippen LogP contribution in [0.3, 0.4) is 0 Å². The predicted molar refractivity (Wildman–Crippen MR) is 95.6 cm³/mol. The maximum absolute atomic E-state index is 12.2. The van der Waals surface area contributed by atoms with Crippen molar-refractivity contribution < 1.29 is 13.9 Å². The van der Waals surface area contributed by atoms with Gasteiger partial charge in [-0.2, -0.15) is 4.98 Å². The number of hydrogen-bond acceptors (Lipinski definition) is 6. The van der Waals surface area contributed by atoms with Crippen LogP contribution in [0, 0.1) is 5.41 Å². The minimum Gasteiger partial charge on any atom is -0.421 e. The molecule has 2 N–H and O–H groups in total. The van der Waals surface area contributed by atoms with Gasteiger partial charge in [-0.05, 0) is 11.1 Å². The topological polar surface area (TPSA) is 88.6 Å². The summed E-state index contributed by atoms with van der Waals surface area (Å²) in [5.74, 6) is 0.200. The van der Waals surface area contributed by atoms with Crippen LogP contribution < -0.4 is 11.4 Å². The number of methoxy groups -OCH3 is 1. The van der Waals surface area contributed by atoms with Gasteiger partial charge in [-0.15, -0.1) is 0 Å². The summed E-state index contributed by atoms with van der Waals surface area (Å²) in [5.41, 5.74) is 4.74. The first-order valence-electron chi connectivity index (χ1n) is 8.17. The molecule has 1 aliphatic heterocycles. The SMILES string of the molecule is CO[C@@H]1[C@@H](CO[SiH2]C(C)(C)C)O[C@@H](n2ccc(N)nc2=O)C1(C)C. The van der Waals surface area contributed by atoms with E-state index in [4.69, 9.17) is 19.6 Å². The van der Waals surface area contributed by atoms with Crippen LogP contribution >= 0.6 is 0 Å². The van der Waals surface area contributed by atoms with Crippen molar-refractivity contribution in [3.05, 3.63) is 22.7 Å². The van der Waals surface area contributed by atoms with Crippen molar-refractivity contribution in [2.24, 2.45) is 5.41 Å². The van der Waals surface area contributed by atoms with Gasteiger partial charge in [0.1, 0.15) is 18.1 Å². The molecule has 0 aromatic carbocycles. The summed E-state index contributed by atoms with van der Waals surface area (Å²) >= 11 is 0. The molecular weight excluding hydrogens is 326 g/mol. The second kappa shape index (κ2) is 6.95. The van der Waals surface area contributed by atoms with Crippen LogP contribution in [0.2, 0.25) is 5.04 Å². The monoisotopic (exact) mass is 355 g/mol. The Hall–Kier alpha value is -1.22. The molecule has 2 rings (SSSR count). The minimum atomic E-state index is -0.676. The van der Waals surface area contributed by atoms with E-state index >= 15 is 0 Å². The fourth-order valence-electron chi connectivity index (χ4n) is 3.12. The van der Waals surface area contributed by atoms with E-state index < -0.39 is 27.1 Å². The quantitative estimate of drug-likeness (QED) is 0.795. The van der Waals surface area contributed by atoms with E-state index in [0.29, 0.717) is 6.61 Å². The molecule has 0 amide bonds. The fraction of sp³-hybridized carbons (Fsp3) is 0.750. The summed E-state index contributed by atoms with van der Waals surface area (Å²) in [6.45, 7) is 11.0.